The first-order valence-corrected chi connectivity index (χ1v) is 1.88. The van der Waals surface area contributed by atoms with Crippen molar-refractivity contribution < 1.29 is 14.7 Å². The summed E-state index contributed by atoms with van der Waals surface area (Å²) in [5, 5.41) is 7.87. The minimum atomic E-state index is -1.47. The second kappa shape index (κ2) is 2.80. The molecule has 0 spiro atoms. The third kappa shape index (κ3) is 1.98. The molecule has 42 valence electrons. The molecule has 0 aliphatic carbocycles. The number of Topliss-reactive ketones (excluding diaryl/α,β-unsaturated/α-hetero) is 1. The van der Waals surface area contributed by atoms with Gasteiger partial charge in [0.15, 0.2) is 0 Å². The molecule has 0 atom stereocenters. The molecule has 0 fully saturated rings. The molecule has 0 aliphatic heterocycles. The van der Waals surface area contributed by atoms with Gasteiger partial charge in [-0.1, -0.05) is 5.92 Å². The summed E-state index contributed by atoms with van der Waals surface area (Å²) >= 11 is 0. The number of carboxylic acid groups (broad SMARTS) is 1. The molecule has 0 unspecified atom stereocenters. The van der Waals surface area contributed by atoms with Crippen LogP contribution in [0.5, 0.6) is 0 Å². The van der Waals surface area contributed by atoms with E-state index >= 15 is 0 Å². The van der Waals surface area contributed by atoms with Crippen LogP contribution in [0.15, 0.2) is 0 Å². The maximum atomic E-state index is 10.0. The Hall–Kier alpha value is -1.30. The smallest absolute Gasteiger partial charge is 0.373 e. The standard InChI is InChI=1S/C5H4O3/c1-2-3-4(6)5(7)8/h1H,3H2,(H,7,8). The summed E-state index contributed by atoms with van der Waals surface area (Å²) in [6.07, 6.45) is 4.31. The normalized spacial score (nSPS) is 7.38. The highest BCUT2D eigenvalue weighted by Gasteiger charge is 2.07. The van der Waals surface area contributed by atoms with Crippen LogP contribution in [0.1, 0.15) is 6.42 Å². The number of rotatable bonds is 2. The lowest BCUT2D eigenvalue weighted by Crippen LogP contribution is -2.10. The van der Waals surface area contributed by atoms with Crippen molar-refractivity contribution in [2.75, 3.05) is 0 Å². The van der Waals surface area contributed by atoms with Crippen molar-refractivity contribution in [3.63, 3.8) is 0 Å². The summed E-state index contributed by atoms with van der Waals surface area (Å²) in [5.41, 5.74) is 0. The van der Waals surface area contributed by atoms with Crippen molar-refractivity contribution in [1.82, 2.24) is 0 Å². The fraction of sp³-hybridized carbons (Fsp3) is 0.200. The molecule has 8 heavy (non-hydrogen) atoms. The first-order chi connectivity index (χ1) is 3.68. The molecule has 1 N–H and O–H groups in total. The summed E-state index contributed by atoms with van der Waals surface area (Å²) in [5.74, 6) is -0.489. The van der Waals surface area contributed by atoms with Crippen molar-refractivity contribution in [3.05, 3.63) is 0 Å². The predicted molar refractivity (Wildman–Crippen MR) is 26.1 cm³/mol. The largest absolute Gasteiger partial charge is 0.475 e. The molecule has 0 aromatic carbocycles. The van der Waals surface area contributed by atoms with Crippen LogP contribution in [0, 0.1) is 12.3 Å². The first-order valence-electron chi connectivity index (χ1n) is 1.88. The van der Waals surface area contributed by atoms with Crippen molar-refractivity contribution in [2.45, 2.75) is 6.42 Å². The topological polar surface area (TPSA) is 54.4 Å². The van der Waals surface area contributed by atoms with E-state index in [2.05, 4.69) is 6.42 Å². The zero-order valence-corrected chi connectivity index (χ0v) is 4.05. The highest BCUT2D eigenvalue weighted by Crippen LogP contribution is 1.77. The number of hydrogen-bond acceptors (Lipinski definition) is 2. The average Bonchev–Trinajstić information content (AvgIpc) is 1.67. The Morgan fingerprint density at radius 2 is 2.12 bits per heavy atom. The predicted octanol–water partition coefficient (Wildman–Crippen LogP) is -0.337. The van der Waals surface area contributed by atoms with Crippen molar-refractivity contribution in [3.8, 4) is 12.3 Å². The van der Waals surface area contributed by atoms with Crippen molar-refractivity contribution in [1.29, 1.82) is 0 Å². The van der Waals surface area contributed by atoms with Gasteiger partial charge in [0.25, 0.3) is 5.78 Å². The summed E-state index contributed by atoms with van der Waals surface area (Å²) in [6, 6.07) is 0. The fourth-order valence-corrected chi connectivity index (χ4v) is 0.168. The van der Waals surface area contributed by atoms with Crippen molar-refractivity contribution >= 4 is 11.8 Å². The molecule has 0 heterocycles. The summed E-state index contributed by atoms with van der Waals surface area (Å²) in [4.78, 5) is 19.6. The van der Waals surface area contributed by atoms with Gasteiger partial charge in [0, 0.05) is 0 Å². The van der Waals surface area contributed by atoms with Crippen LogP contribution in [0.4, 0.5) is 0 Å². The van der Waals surface area contributed by atoms with Gasteiger partial charge in [-0.15, -0.1) is 6.42 Å². The van der Waals surface area contributed by atoms with Gasteiger partial charge in [-0.3, -0.25) is 4.79 Å². The van der Waals surface area contributed by atoms with E-state index in [0.29, 0.717) is 0 Å². The number of terminal acetylenes is 1. The highest BCUT2D eigenvalue weighted by atomic mass is 16.4. The SMILES string of the molecule is C#CCC(=O)C(=O)O. The maximum Gasteiger partial charge on any atom is 0.373 e. The molecule has 0 amide bonds. The molecule has 0 bridgehead atoms. The zero-order chi connectivity index (χ0) is 6.57. The molecule has 0 aromatic rings. The number of carboxylic acids is 1. The van der Waals surface area contributed by atoms with Crippen molar-refractivity contribution in [2.24, 2.45) is 0 Å². The number of carbonyl (C=O) groups excluding carboxylic acids is 1. The molecule has 0 rings (SSSR count). The van der Waals surface area contributed by atoms with Crippen LogP contribution < -0.4 is 0 Å². The molecule has 0 saturated carbocycles. The van der Waals surface area contributed by atoms with E-state index in [0.717, 1.165) is 0 Å². The van der Waals surface area contributed by atoms with Gasteiger partial charge in [-0.25, -0.2) is 4.79 Å². The van der Waals surface area contributed by atoms with E-state index < -0.39 is 11.8 Å². The fourth-order valence-electron chi connectivity index (χ4n) is 0.168. The Labute approximate surface area is 46.3 Å². The monoisotopic (exact) mass is 112 g/mol. The van der Waals surface area contributed by atoms with Gasteiger partial charge in [0.1, 0.15) is 0 Å². The van der Waals surface area contributed by atoms with Crippen LogP contribution in [0.3, 0.4) is 0 Å². The van der Waals surface area contributed by atoms with Gasteiger partial charge in [-0.05, 0) is 0 Å². The number of hydrogen-bond donors (Lipinski definition) is 1. The van der Waals surface area contributed by atoms with E-state index in [1.54, 1.807) is 0 Å². The Balaban J connectivity index is 3.71. The Morgan fingerprint density at radius 1 is 1.62 bits per heavy atom. The number of carbonyl (C=O) groups is 2. The molecular weight excluding hydrogens is 108 g/mol. The van der Waals surface area contributed by atoms with Crippen LogP contribution in [-0.2, 0) is 9.59 Å². The Morgan fingerprint density at radius 3 is 2.25 bits per heavy atom. The van der Waals surface area contributed by atoms with E-state index in [9.17, 15) is 9.59 Å². The molecule has 0 saturated heterocycles. The molecular formula is C5H4O3. The van der Waals surface area contributed by atoms with Crippen LogP contribution in [-0.4, -0.2) is 16.9 Å². The zero-order valence-electron chi connectivity index (χ0n) is 4.05. The lowest BCUT2D eigenvalue weighted by Gasteiger charge is -1.80. The number of ketones is 1. The first kappa shape index (κ1) is 6.70. The second-order valence-corrected chi connectivity index (χ2v) is 1.11. The van der Waals surface area contributed by atoms with Crippen LogP contribution in [0.2, 0.25) is 0 Å². The molecule has 0 aromatic heterocycles. The lowest BCUT2D eigenvalue weighted by molar-refractivity contribution is -0.148. The minimum Gasteiger partial charge on any atom is -0.475 e. The minimum absolute atomic E-state index is 0.324. The maximum absolute atomic E-state index is 10.0. The molecule has 0 aliphatic rings. The second-order valence-electron chi connectivity index (χ2n) is 1.11. The quantitative estimate of drug-likeness (QED) is 0.393. The van der Waals surface area contributed by atoms with E-state index in [4.69, 9.17) is 5.11 Å². The summed E-state index contributed by atoms with van der Waals surface area (Å²) in [7, 11) is 0. The molecule has 3 heteroatoms. The third-order valence-corrected chi connectivity index (χ3v) is 0.501. The lowest BCUT2D eigenvalue weighted by atomic mass is 10.3. The average molecular weight is 112 g/mol. The molecule has 0 radical (unpaired) electrons. The van der Waals surface area contributed by atoms with Gasteiger partial charge < -0.3 is 5.11 Å². The van der Waals surface area contributed by atoms with Gasteiger partial charge >= 0.3 is 5.97 Å². The van der Waals surface area contributed by atoms with Gasteiger partial charge in [-0.2, -0.15) is 0 Å². The van der Waals surface area contributed by atoms with E-state index in [1.807, 2.05) is 5.92 Å². The van der Waals surface area contributed by atoms with Gasteiger partial charge in [0.05, 0.1) is 6.42 Å². The van der Waals surface area contributed by atoms with E-state index in [1.165, 1.54) is 0 Å². The summed E-state index contributed by atoms with van der Waals surface area (Å²) in [6.45, 7) is 0. The van der Waals surface area contributed by atoms with Crippen LogP contribution in [0.25, 0.3) is 0 Å². The van der Waals surface area contributed by atoms with Crippen LogP contribution >= 0.6 is 0 Å². The summed E-state index contributed by atoms with van der Waals surface area (Å²) < 4.78 is 0. The number of aliphatic carboxylic acids is 1. The third-order valence-electron chi connectivity index (χ3n) is 0.501. The van der Waals surface area contributed by atoms with Gasteiger partial charge in [0.2, 0.25) is 0 Å². The van der Waals surface area contributed by atoms with E-state index in [-0.39, 0.29) is 6.42 Å². The Kier molecular flexibility index (Phi) is 2.35. The molecule has 3 nitrogen and oxygen atoms in total. The highest BCUT2D eigenvalue weighted by molar-refractivity contribution is 6.33. The Bertz CT molecular complexity index is 152.